The van der Waals surface area contributed by atoms with Gasteiger partial charge >= 0.3 is 18.9 Å². The number of carbonyl (C=O) groups excluding carboxylic acids is 1. The molecule has 12 heavy (non-hydrogen) atoms. The number of aromatic nitrogens is 1. The zero-order valence-electron chi connectivity index (χ0n) is 6.99. The van der Waals surface area contributed by atoms with Crippen LogP contribution in [0.5, 0.6) is 0 Å². The SMILES string of the molecule is O=C([O-])CCc1ccncc1.[Li+]. The molecule has 0 fully saturated rings. The zero-order valence-corrected chi connectivity index (χ0v) is 6.99. The molecule has 1 heterocycles. The third kappa shape index (κ3) is 4.17. The minimum absolute atomic E-state index is 0. The monoisotopic (exact) mass is 157 g/mol. The van der Waals surface area contributed by atoms with E-state index in [1.807, 2.05) is 0 Å². The predicted octanol–water partition coefficient (Wildman–Crippen LogP) is -3.23. The van der Waals surface area contributed by atoms with E-state index >= 15 is 0 Å². The molecule has 1 aromatic heterocycles. The Labute approximate surface area is 83.0 Å². The number of rotatable bonds is 3. The summed E-state index contributed by atoms with van der Waals surface area (Å²) in [5.74, 6) is -1.01. The number of aryl methyl sites for hydroxylation is 1. The number of nitrogens with zero attached hydrogens (tertiary/aromatic N) is 1. The minimum Gasteiger partial charge on any atom is -0.550 e. The maximum atomic E-state index is 10.0. The summed E-state index contributed by atoms with van der Waals surface area (Å²) in [5.41, 5.74) is 0.976. The largest absolute Gasteiger partial charge is 1.00 e. The molecule has 1 rings (SSSR count). The van der Waals surface area contributed by atoms with E-state index in [0.717, 1.165) is 5.56 Å². The summed E-state index contributed by atoms with van der Waals surface area (Å²) in [7, 11) is 0. The van der Waals surface area contributed by atoms with Gasteiger partial charge in [-0.25, -0.2) is 0 Å². The van der Waals surface area contributed by atoms with Crippen LogP contribution in [0, 0.1) is 0 Å². The molecule has 0 unspecified atom stereocenters. The van der Waals surface area contributed by atoms with Crippen LogP contribution in [0.3, 0.4) is 0 Å². The van der Waals surface area contributed by atoms with Crippen molar-refractivity contribution in [3.8, 4) is 0 Å². The van der Waals surface area contributed by atoms with E-state index in [2.05, 4.69) is 4.98 Å². The zero-order chi connectivity index (χ0) is 8.10. The van der Waals surface area contributed by atoms with Crippen molar-refractivity contribution >= 4 is 5.97 Å². The maximum absolute atomic E-state index is 10.0. The van der Waals surface area contributed by atoms with Crippen molar-refractivity contribution in [3.05, 3.63) is 30.1 Å². The van der Waals surface area contributed by atoms with Crippen LogP contribution in [-0.2, 0) is 11.2 Å². The van der Waals surface area contributed by atoms with E-state index in [-0.39, 0.29) is 25.3 Å². The first-order valence-corrected chi connectivity index (χ1v) is 3.38. The predicted molar refractivity (Wildman–Crippen MR) is 37.6 cm³/mol. The van der Waals surface area contributed by atoms with Gasteiger partial charge in [-0.3, -0.25) is 4.98 Å². The summed E-state index contributed by atoms with van der Waals surface area (Å²) in [6.07, 6.45) is 3.88. The first kappa shape index (κ1) is 11.2. The molecule has 0 spiro atoms. The Kier molecular flexibility index (Phi) is 5.44. The van der Waals surface area contributed by atoms with Crippen LogP contribution in [0.4, 0.5) is 0 Å². The molecule has 0 aromatic carbocycles. The Morgan fingerprint density at radius 2 is 2.00 bits per heavy atom. The van der Waals surface area contributed by atoms with Crippen molar-refractivity contribution in [1.82, 2.24) is 4.98 Å². The average Bonchev–Trinajstić information content (AvgIpc) is 2.03. The third-order valence-electron chi connectivity index (χ3n) is 1.37. The molecule has 0 aliphatic carbocycles. The number of pyridine rings is 1. The summed E-state index contributed by atoms with van der Waals surface area (Å²) in [4.78, 5) is 13.9. The van der Waals surface area contributed by atoms with E-state index in [9.17, 15) is 9.90 Å². The number of carboxylic acids is 1. The summed E-state index contributed by atoms with van der Waals surface area (Å²) in [5, 5.41) is 10.0. The molecule has 1 aromatic rings. The second-order valence-electron chi connectivity index (χ2n) is 2.23. The topological polar surface area (TPSA) is 53.0 Å². The number of aliphatic carboxylic acids is 1. The van der Waals surface area contributed by atoms with E-state index in [1.165, 1.54) is 0 Å². The van der Waals surface area contributed by atoms with Crippen molar-refractivity contribution < 1.29 is 28.8 Å². The van der Waals surface area contributed by atoms with Crippen molar-refractivity contribution in [2.24, 2.45) is 0 Å². The first-order chi connectivity index (χ1) is 5.29. The van der Waals surface area contributed by atoms with Gasteiger partial charge in [0, 0.05) is 18.4 Å². The second kappa shape index (κ2) is 5.82. The van der Waals surface area contributed by atoms with Crippen molar-refractivity contribution in [1.29, 1.82) is 0 Å². The van der Waals surface area contributed by atoms with Gasteiger partial charge in [-0.1, -0.05) is 0 Å². The van der Waals surface area contributed by atoms with E-state index in [4.69, 9.17) is 0 Å². The Morgan fingerprint density at radius 1 is 1.42 bits per heavy atom. The maximum Gasteiger partial charge on any atom is 1.00 e. The molecule has 0 aliphatic heterocycles. The molecule has 3 nitrogen and oxygen atoms in total. The van der Waals surface area contributed by atoms with Gasteiger partial charge in [0.2, 0.25) is 0 Å². The summed E-state index contributed by atoms with van der Waals surface area (Å²) in [6.45, 7) is 0. The Morgan fingerprint density at radius 3 is 2.50 bits per heavy atom. The quantitative estimate of drug-likeness (QED) is 0.433. The van der Waals surface area contributed by atoms with Crippen molar-refractivity contribution in [2.45, 2.75) is 12.8 Å². The van der Waals surface area contributed by atoms with Gasteiger partial charge in [0.1, 0.15) is 0 Å². The van der Waals surface area contributed by atoms with Gasteiger partial charge in [0.05, 0.1) is 0 Å². The smallest absolute Gasteiger partial charge is 0.550 e. The van der Waals surface area contributed by atoms with Crippen molar-refractivity contribution in [3.63, 3.8) is 0 Å². The van der Waals surface area contributed by atoms with Gasteiger partial charge in [0.25, 0.3) is 0 Å². The molecule has 58 valence electrons. The number of hydrogen-bond donors (Lipinski definition) is 0. The van der Waals surface area contributed by atoms with E-state index in [0.29, 0.717) is 6.42 Å². The first-order valence-electron chi connectivity index (χ1n) is 3.38. The van der Waals surface area contributed by atoms with Crippen LogP contribution in [0.2, 0.25) is 0 Å². The van der Waals surface area contributed by atoms with Crippen LogP contribution in [-0.4, -0.2) is 11.0 Å². The normalized spacial score (nSPS) is 8.67. The van der Waals surface area contributed by atoms with E-state index in [1.54, 1.807) is 24.5 Å². The van der Waals surface area contributed by atoms with Gasteiger partial charge in [0.15, 0.2) is 0 Å². The molecule has 0 N–H and O–H groups in total. The Hall–Kier alpha value is -0.783. The molecule has 0 bridgehead atoms. The molecule has 0 amide bonds. The Balaban J connectivity index is 0.00000121. The summed E-state index contributed by atoms with van der Waals surface area (Å²) < 4.78 is 0. The Bertz CT molecular complexity index is 238. The fraction of sp³-hybridized carbons (Fsp3) is 0.250. The fourth-order valence-electron chi connectivity index (χ4n) is 0.796. The van der Waals surface area contributed by atoms with Crippen LogP contribution < -0.4 is 24.0 Å². The molecule has 0 saturated heterocycles. The summed E-state index contributed by atoms with van der Waals surface area (Å²) >= 11 is 0. The van der Waals surface area contributed by atoms with Gasteiger partial charge < -0.3 is 9.90 Å². The molecule has 0 atom stereocenters. The number of carboxylic acid groups (broad SMARTS) is 1. The average molecular weight is 157 g/mol. The standard InChI is InChI=1S/C8H9NO2.Li/c10-8(11)2-1-7-3-5-9-6-4-7;/h3-6H,1-2H2,(H,10,11);/q;+1/p-1. The van der Waals surface area contributed by atoms with Crippen LogP contribution in [0.1, 0.15) is 12.0 Å². The van der Waals surface area contributed by atoms with Gasteiger partial charge in [-0.15, -0.1) is 0 Å². The van der Waals surface area contributed by atoms with E-state index < -0.39 is 5.97 Å². The molecule has 0 aliphatic rings. The van der Waals surface area contributed by atoms with Gasteiger partial charge in [-0.2, -0.15) is 0 Å². The molecular weight excluding hydrogens is 149 g/mol. The second-order valence-corrected chi connectivity index (χ2v) is 2.23. The molecular formula is C8H8LiNO2. The van der Waals surface area contributed by atoms with Crippen LogP contribution in [0.25, 0.3) is 0 Å². The van der Waals surface area contributed by atoms with Gasteiger partial charge in [-0.05, 0) is 30.5 Å². The molecule has 4 heteroatoms. The van der Waals surface area contributed by atoms with Crippen molar-refractivity contribution in [2.75, 3.05) is 0 Å². The molecule has 0 radical (unpaired) electrons. The molecule has 0 saturated carbocycles. The minimum atomic E-state index is -1.01. The third-order valence-corrected chi connectivity index (χ3v) is 1.37. The number of carbonyl (C=O) groups is 1. The fourth-order valence-corrected chi connectivity index (χ4v) is 0.796. The summed E-state index contributed by atoms with van der Waals surface area (Å²) in [6, 6.07) is 3.59. The van der Waals surface area contributed by atoms with Crippen LogP contribution >= 0.6 is 0 Å². The van der Waals surface area contributed by atoms with Crippen LogP contribution in [0.15, 0.2) is 24.5 Å². The number of hydrogen-bond acceptors (Lipinski definition) is 3.